The molecule has 0 radical (unpaired) electrons. The first-order valence-corrected chi connectivity index (χ1v) is 7.32. The number of carboxylic acid groups (broad SMARTS) is 1. The highest BCUT2D eigenvalue weighted by molar-refractivity contribution is 5.70. The Morgan fingerprint density at radius 1 is 1.30 bits per heavy atom. The number of ether oxygens (including phenoxy) is 1. The minimum atomic E-state index is -0.667. The molecule has 0 unspecified atom stereocenters. The monoisotopic (exact) mass is 277 g/mol. The second kappa shape index (κ2) is 8.02. The summed E-state index contributed by atoms with van der Waals surface area (Å²) in [4.78, 5) is 13.2. The van der Waals surface area contributed by atoms with Crippen molar-refractivity contribution in [3.63, 3.8) is 0 Å². The Morgan fingerprint density at radius 3 is 2.85 bits per heavy atom. The molecule has 0 aromatic heterocycles. The van der Waals surface area contributed by atoms with Gasteiger partial charge in [-0.05, 0) is 31.4 Å². The van der Waals surface area contributed by atoms with E-state index in [-0.39, 0.29) is 5.92 Å². The van der Waals surface area contributed by atoms with Gasteiger partial charge >= 0.3 is 5.97 Å². The van der Waals surface area contributed by atoms with Crippen molar-refractivity contribution in [3.8, 4) is 0 Å². The molecule has 0 aliphatic carbocycles. The summed E-state index contributed by atoms with van der Waals surface area (Å²) in [5, 5.41) is 9.03. The molecular formula is C16H23NO3. The van der Waals surface area contributed by atoms with Gasteiger partial charge in [0.05, 0.1) is 19.1 Å². The van der Waals surface area contributed by atoms with Crippen LogP contribution in [-0.2, 0) is 16.0 Å². The van der Waals surface area contributed by atoms with Gasteiger partial charge in [-0.15, -0.1) is 0 Å². The van der Waals surface area contributed by atoms with Crippen LogP contribution in [0.5, 0.6) is 0 Å². The van der Waals surface area contributed by atoms with E-state index in [9.17, 15) is 4.79 Å². The highest BCUT2D eigenvalue weighted by Gasteiger charge is 2.24. The first-order chi connectivity index (χ1) is 9.75. The van der Waals surface area contributed by atoms with Crippen LogP contribution < -0.4 is 0 Å². The number of hydrogen-bond donors (Lipinski definition) is 1. The molecule has 1 saturated heterocycles. The second-order valence-corrected chi connectivity index (χ2v) is 5.33. The summed E-state index contributed by atoms with van der Waals surface area (Å²) in [6, 6.07) is 10.3. The number of piperidine rings is 1. The molecular weight excluding hydrogens is 254 g/mol. The smallest absolute Gasteiger partial charge is 0.307 e. The van der Waals surface area contributed by atoms with Crippen LogP contribution in [0.2, 0.25) is 0 Å². The maximum atomic E-state index is 11.0. The maximum Gasteiger partial charge on any atom is 0.307 e. The van der Waals surface area contributed by atoms with Crippen LogP contribution in [-0.4, -0.2) is 48.8 Å². The van der Waals surface area contributed by atoms with E-state index in [2.05, 4.69) is 17.0 Å². The topological polar surface area (TPSA) is 49.8 Å². The van der Waals surface area contributed by atoms with Crippen LogP contribution in [0, 0.1) is 5.92 Å². The Kier molecular flexibility index (Phi) is 6.02. The molecule has 0 bridgehead atoms. The third kappa shape index (κ3) is 4.94. The third-order valence-electron chi connectivity index (χ3n) is 3.78. The Labute approximate surface area is 120 Å². The zero-order chi connectivity index (χ0) is 14.2. The van der Waals surface area contributed by atoms with Crippen LogP contribution >= 0.6 is 0 Å². The van der Waals surface area contributed by atoms with E-state index in [1.807, 2.05) is 18.2 Å². The van der Waals surface area contributed by atoms with E-state index < -0.39 is 5.97 Å². The Balaban J connectivity index is 1.58. The summed E-state index contributed by atoms with van der Waals surface area (Å²) in [5.74, 6) is -0.868. The Bertz CT molecular complexity index is 407. The molecule has 1 aromatic carbocycles. The lowest BCUT2D eigenvalue weighted by Crippen LogP contribution is -2.40. The van der Waals surface area contributed by atoms with E-state index in [1.165, 1.54) is 5.56 Å². The Hall–Kier alpha value is -1.39. The molecule has 1 atom stereocenters. The normalized spacial score (nSPS) is 19.9. The van der Waals surface area contributed by atoms with Crippen molar-refractivity contribution >= 4 is 5.97 Å². The molecule has 1 aromatic rings. The second-order valence-electron chi connectivity index (χ2n) is 5.33. The number of hydrogen-bond acceptors (Lipinski definition) is 3. The first-order valence-electron chi connectivity index (χ1n) is 7.32. The fourth-order valence-electron chi connectivity index (χ4n) is 2.59. The van der Waals surface area contributed by atoms with Crippen LogP contribution in [0.15, 0.2) is 30.3 Å². The Morgan fingerprint density at radius 2 is 2.10 bits per heavy atom. The lowest BCUT2D eigenvalue weighted by molar-refractivity contribution is -0.143. The maximum absolute atomic E-state index is 11.0. The predicted octanol–water partition coefficient (Wildman–Crippen LogP) is 2.04. The molecule has 4 nitrogen and oxygen atoms in total. The number of nitrogens with zero attached hydrogens (tertiary/aromatic N) is 1. The SMILES string of the molecule is O=C(O)[C@H]1CCCN(CCOCCc2ccccc2)C1. The van der Waals surface area contributed by atoms with Gasteiger partial charge in [0.1, 0.15) is 0 Å². The molecule has 20 heavy (non-hydrogen) atoms. The van der Waals surface area contributed by atoms with Gasteiger partial charge in [0, 0.05) is 13.1 Å². The van der Waals surface area contributed by atoms with Crippen molar-refractivity contribution < 1.29 is 14.6 Å². The summed E-state index contributed by atoms with van der Waals surface area (Å²) in [5.41, 5.74) is 1.29. The molecule has 1 aliphatic rings. The fraction of sp³-hybridized carbons (Fsp3) is 0.562. The average molecular weight is 277 g/mol. The molecule has 1 heterocycles. The molecule has 0 spiro atoms. The lowest BCUT2D eigenvalue weighted by atomic mass is 9.98. The van der Waals surface area contributed by atoms with E-state index in [0.717, 1.165) is 39.0 Å². The average Bonchev–Trinajstić information content (AvgIpc) is 2.48. The standard InChI is InChI=1S/C16H23NO3/c18-16(19)15-7-4-9-17(13-15)10-12-20-11-8-14-5-2-1-3-6-14/h1-3,5-6,15H,4,7-13H2,(H,18,19)/t15-/m0/s1. The lowest BCUT2D eigenvalue weighted by Gasteiger charge is -2.30. The number of likely N-dealkylation sites (tertiary alicyclic amines) is 1. The van der Waals surface area contributed by atoms with Gasteiger partial charge in [-0.3, -0.25) is 4.79 Å². The quantitative estimate of drug-likeness (QED) is 0.775. The summed E-state index contributed by atoms with van der Waals surface area (Å²) >= 11 is 0. The number of carboxylic acids is 1. The highest BCUT2D eigenvalue weighted by Crippen LogP contribution is 2.16. The van der Waals surface area contributed by atoms with Gasteiger partial charge in [0.15, 0.2) is 0 Å². The van der Waals surface area contributed by atoms with Crippen LogP contribution in [0.25, 0.3) is 0 Å². The van der Waals surface area contributed by atoms with E-state index >= 15 is 0 Å². The zero-order valence-corrected chi connectivity index (χ0v) is 11.8. The molecule has 2 rings (SSSR count). The number of rotatable bonds is 7. The van der Waals surface area contributed by atoms with Gasteiger partial charge < -0.3 is 14.7 Å². The van der Waals surface area contributed by atoms with E-state index in [4.69, 9.17) is 9.84 Å². The number of benzene rings is 1. The van der Waals surface area contributed by atoms with Crippen LogP contribution in [0.3, 0.4) is 0 Å². The summed E-state index contributed by atoms with van der Waals surface area (Å²) in [6.45, 7) is 3.89. The minimum absolute atomic E-state index is 0.201. The van der Waals surface area contributed by atoms with E-state index in [0.29, 0.717) is 13.2 Å². The van der Waals surface area contributed by atoms with Crippen molar-refractivity contribution in [2.75, 3.05) is 32.8 Å². The van der Waals surface area contributed by atoms with Gasteiger partial charge in [0.25, 0.3) is 0 Å². The van der Waals surface area contributed by atoms with Gasteiger partial charge in [-0.25, -0.2) is 0 Å². The van der Waals surface area contributed by atoms with Crippen molar-refractivity contribution in [1.82, 2.24) is 4.90 Å². The number of carbonyl (C=O) groups is 1. The van der Waals surface area contributed by atoms with Gasteiger partial charge in [0.2, 0.25) is 0 Å². The van der Waals surface area contributed by atoms with Crippen molar-refractivity contribution in [2.45, 2.75) is 19.3 Å². The van der Waals surface area contributed by atoms with Crippen molar-refractivity contribution in [1.29, 1.82) is 0 Å². The number of aliphatic carboxylic acids is 1. The minimum Gasteiger partial charge on any atom is -0.481 e. The summed E-state index contributed by atoms with van der Waals surface area (Å²) in [6.07, 6.45) is 2.71. The molecule has 1 fully saturated rings. The molecule has 0 amide bonds. The third-order valence-corrected chi connectivity index (χ3v) is 3.78. The predicted molar refractivity (Wildman–Crippen MR) is 77.8 cm³/mol. The highest BCUT2D eigenvalue weighted by atomic mass is 16.5. The zero-order valence-electron chi connectivity index (χ0n) is 11.8. The van der Waals surface area contributed by atoms with E-state index in [1.54, 1.807) is 0 Å². The van der Waals surface area contributed by atoms with Gasteiger partial charge in [-0.1, -0.05) is 30.3 Å². The van der Waals surface area contributed by atoms with Crippen molar-refractivity contribution in [3.05, 3.63) is 35.9 Å². The molecule has 1 N–H and O–H groups in total. The molecule has 1 aliphatic heterocycles. The fourth-order valence-corrected chi connectivity index (χ4v) is 2.59. The molecule has 0 saturated carbocycles. The summed E-state index contributed by atoms with van der Waals surface area (Å²) < 4.78 is 5.65. The summed E-state index contributed by atoms with van der Waals surface area (Å²) in [7, 11) is 0. The van der Waals surface area contributed by atoms with Crippen LogP contribution in [0.4, 0.5) is 0 Å². The molecule has 110 valence electrons. The largest absolute Gasteiger partial charge is 0.481 e. The van der Waals surface area contributed by atoms with Crippen molar-refractivity contribution in [2.24, 2.45) is 5.92 Å². The van der Waals surface area contributed by atoms with Crippen LogP contribution in [0.1, 0.15) is 18.4 Å². The molecule has 4 heteroatoms. The first kappa shape index (κ1) is 15.0. The van der Waals surface area contributed by atoms with Gasteiger partial charge in [-0.2, -0.15) is 0 Å².